The van der Waals surface area contributed by atoms with Gasteiger partial charge in [0.1, 0.15) is 4.60 Å². The summed E-state index contributed by atoms with van der Waals surface area (Å²) in [6.07, 6.45) is 1.23. The van der Waals surface area contributed by atoms with Gasteiger partial charge in [0.05, 0.1) is 5.69 Å². The summed E-state index contributed by atoms with van der Waals surface area (Å²) in [6, 6.07) is 17.3. The molecule has 1 aliphatic rings. The van der Waals surface area contributed by atoms with Gasteiger partial charge in [0, 0.05) is 18.5 Å². The molecule has 1 aromatic carbocycles. The molecule has 0 saturated heterocycles. The van der Waals surface area contributed by atoms with Crippen LogP contribution in [0.15, 0.2) is 53.1 Å². The van der Waals surface area contributed by atoms with Crippen LogP contribution in [0.5, 0.6) is 0 Å². The Morgan fingerprint density at radius 3 is 2.72 bits per heavy atom. The number of nitrogens with zero attached hydrogens (tertiary/aromatic N) is 1. The van der Waals surface area contributed by atoms with Gasteiger partial charge in [0.15, 0.2) is 0 Å². The molecule has 0 bridgehead atoms. The van der Waals surface area contributed by atoms with Gasteiger partial charge in [-0.2, -0.15) is 0 Å². The zero-order chi connectivity index (χ0) is 12.4. The molecule has 1 N–H and O–H groups in total. The Labute approximate surface area is 116 Å². The van der Waals surface area contributed by atoms with E-state index in [4.69, 9.17) is 0 Å². The summed E-state index contributed by atoms with van der Waals surface area (Å²) >= 11 is 3.39. The maximum absolute atomic E-state index is 4.42. The van der Waals surface area contributed by atoms with Gasteiger partial charge in [0.2, 0.25) is 0 Å². The first-order valence-corrected chi connectivity index (χ1v) is 7.02. The molecule has 3 heteroatoms. The number of hydrogen-bond acceptors (Lipinski definition) is 2. The molecule has 1 fully saturated rings. The maximum atomic E-state index is 4.42. The third-order valence-corrected chi connectivity index (χ3v) is 3.78. The molecule has 3 rings (SSSR count). The van der Waals surface area contributed by atoms with Crippen LogP contribution in [0.2, 0.25) is 0 Å². The van der Waals surface area contributed by atoms with Crippen molar-refractivity contribution in [2.75, 3.05) is 0 Å². The van der Waals surface area contributed by atoms with Crippen molar-refractivity contribution in [2.24, 2.45) is 0 Å². The van der Waals surface area contributed by atoms with E-state index in [1.807, 2.05) is 12.1 Å². The maximum Gasteiger partial charge on any atom is 0.106 e. The Morgan fingerprint density at radius 2 is 1.94 bits per heavy atom. The van der Waals surface area contributed by atoms with E-state index in [-0.39, 0.29) is 0 Å². The lowest BCUT2D eigenvalue weighted by Gasteiger charge is -2.04. The molecule has 0 amide bonds. The summed E-state index contributed by atoms with van der Waals surface area (Å²) in [5, 5.41) is 3.57. The standard InChI is InChI=1S/C15H15BrN2/c16-15-8-4-7-12(18-15)10-17-14-9-13(14)11-5-2-1-3-6-11/h1-8,13-14,17H,9-10H2. The third kappa shape index (κ3) is 2.79. The lowest BCUT2D eigenvalue weighted by Crippen LogP contribution is -2.18. The van der Waals surface area contributed by atoms with Gasteiger partial charge in [0.25, 0.3) is 0 Å². The van der Waals surface area contributed by atoms with Crippen molar-refractivity contribution in [3.8, 4) is 0 Å². The number of rotatable bonds is 4. The summed E-state index contributed by atoms with van der Waals surface area (Å²) in [4.78, 5) is 4.42. The van der Waals surface area contributed by atoms with Crippen molar-refractivity contribution in [1.29, 1.82) is 0 Å². The first kappa shape index (κ1) is 11.9. The number of benzene rings is 1. The smallest absolute Gasteiger partial charge is 0.106 e. The molecule has 2 unspecified atom stereocenters. The number of aromatic nitrogens is 1. The van der Waals surface area contributed by atoms with E-state index >= 15 is 0 Å². The summed E-state index contributed by atoms with van der Waals surface area (Å²) in [6.45, 7) is 0.841. The highest BCUT2D eigenvalue weighted by atomic mass is 79.9. The van der Waals surface area contributed by atoms with Gasteiger partial charge in [-0.25, -0.2) is 4.98 Å². The van der Waals surface area contributed by atoms with Crippen LogP contribution in [-0.4, -0.2) is 11.0 Å². The molecule has 0 spiro atoms. The zero-order valence-electron chi connectivity index (χ0n) is 10.0. The molecular weight excluding hydrogens is 288 g/mol. The van der Waals surface area contributed by atoms with Crippen LogP contribution in [0.25, 0.3) is 0 Å². The van der Waals surface area contributed by atoms with Gasteiger partial charge in [-0.3, -0.25) is 0 Å². The summed E-state index contributed by atoms with van der Waals surface area (Å²) in [5.41, 5.74) is 2.53. The normalized spacial score (nSPS) is 21.8. The second kappa shape index (κ2) is 5.21. The molecule has 1 aliphatic carbocycles. The van der Waals surface area contributed by atoms with E-state index in [0.29, 0.717) is 12.0 Å². The Kier molecular flexibility index (Phi) is 3.43. The second-order valence-corrected chi connectivity index (χ2v) is 5.50. The number of hydrogen-bond donors (Lipinski definition) is 1. The van der Waals surface area contributed by atoms with Crippen LogP contribution in [0.1, 0.15) is 23.6 Å². The average molecular weight is 303 g/mol. The van der Waals surface area contributed by atoms with E-state index < -0.39 is 0 Å². The van der Waals surface area contributed by atoms with Crippen molar-refractivity contribution < 1.29 is 0 Å². The molecule has 18 heavy (non-hydrogen) atoms. The third-order valence-electron chi connectivity index (χ3n) is 3.34. The van der Waals surface area contributed by atoms with Gasteiger partial charge in [-0.1, -0.05) is 36.4 Å². The largest absolute Gasteiger partial charge is 0.308 e. The minimum atomic E-state index is 0.605. The van der Waals surface area contributed by atoms with Gasteiger partial charge < -0.3 is 5.32 Å². The molecule has 92 valence electrons. The predicted molar refractivity (Wildman–Crippen MR) is 76.4 cm³/mol. The number of halogens is 1. The number of pyridine rings is 1. The monoisotopic (exact) mass is 302 g/mol. The second-order valence-electron chi connectivity index (χ2n) is 4.69. The van der Waals surface area contributed by atoms with Crippen LogP contribution in [0, 0.1) is 0 Å². The van der Waals surface area contributed by atoms with Crippen molar-refractivity contribution in [3.05, 3.63) is 64.4 Å². The molecule has 2 nitrogen and oxygen atoms in total. The number of nitrogens with one attached hydrogen (secondary N) is 1. The quantitative estimate of drug-likeness (QED) is 0.875. The molecule has 1 saturated carbocycles. The fourth-order valence-corrected chi connectivity index (χ4v) is 2.65. The molecule has 2 aromatic rings. The molecular formula is C15H15BrN2. The SMILES string of the molecule is Brc1cccc(CNC2CC2c2ccccc2)n1. The lowest BCUT2D eigenvalue weighted by molar-refractivity contribution is 0.660. The zero-order valence-corrected chi connectivity index (χ0v) is 11.6. The molecule has 1 aromatic heterocycles. The van der Waals surface area contributed by atoms with E-state index in [2.05, 4.69) is 62.6 Å². The highest BCUT2D eigenvalue weighted by Gasteiger charge is 2.37. The van der Waals surface area contributed by atoms with Crippen LogP contribution in [-0.2, 0) is 6.54 Å². The lowest BCUT2D eigenvalue weighted by atomic mass is 10.1. The molecule has 1 heterocycles. The Morgan fingerprint density at radius 1 is 1.11 bits per heavy atom. The summed E-state index contributed by atoms with van der Waals surface area (Å²) in [5.74, 6) is 0.679. The van der Waals surface area contributed by atoms with Gasteiger partial charge >= 0.3 is 0 Å². The highest BCUT2D eigenvalue weighted by Crippen LogP contribution is 2.40. The van der Waals surface area contributed by atoms with E-state index in [1.165, 1.54) is 12.0 Å². The van der Waals surface area contributed by atoms with Crippen LogP contribution >= 0.6 is 15.9 Å². The fraction of sp³-hybridized carbons (Fsp3) is 0.267. The minimum Gasteiger partial charge on any atom is -0.308 e. The Hall–Kier alpha value is -1.19. The van der Waals surface area contributed by atoms with Gasteiger partial charge in [-0.15, -0.1) is 0 Å². The summed E-state index contributed by atoms with van der Waals surface area (Å²) < 4.78 is 0.900. The topological polar surface area (TPSA) is 24.9 Å². The van der Waals surface area contributed by atoms with Crippen LogP contribution in [0.4, 0.5) is 0 Å². The molecule has 2 atom stereocenters. The summed E-state index contributed by atoms with van der Waals surface area (Å²) in [7, 11) is 0. The molecule has 0 aliphatic heterocycles. The highest BCUT2D eigenvalue weighted by molar-refractivity contribution is 9.10. The van der Waals surface area contributed by atoms with Crippen LogP contribution < -0.4 is 5.32 Å². The Balaban J connectivity index is 1.55. The molecule has 0 radical (unpaired) electrons. The predicted octanol–water partition coefficient (Wildman–Crippen LogP) is 3.49. The van der Waals surface area contributed by atoms with Crippen molar-refractivity contribution in [2.45, 2.75) is 24.9 Å². The first-order chi connectivity index (χ1) is 8.83. The first-order valence-electron chi connectivity index (χ1n) is 6.23. The van der Waals surface area contributed by atoms with E-state index in [9.17, 15) is 0 Å². The van der Waals surface area contributed by atoms with Crippen molar-refractivity contribution >= 4 is 15.9 Å². The minimum absolute atomic E-state index is 0.605. The van der Waals surface area contributed by atoms with Gasteiger partial charge in [-0.05, 0) is 40.0 Å². The fourth-order valence-electron chi connectivity index (χ4n) is 2.27. The van der Waals surface area contributed by atoms with Crippen molar-refractivity contribution in [3.63, 3.8) is 0 Å². The average Bonchev–Trinajstić information content (AvgIpc) is 3.17. The van der Waals surface area contributed by atoms with E-state index in [1.54, 1.807) is 0 Å². The van der Waals surface area contributed by atoms with E-state index in [0.717, 1.165) is 16.8 Å². The van der Waals surface area contributed by atoms with Crippen LogP contribution in [0.3, 0.4) is 0 Å². The Bertz CT molecular complexity index is 527. The van der Waals surface area contributed by atoms with Crippen molar-refractivity contribution in [1.82, 2.24) is 10.3 Å².